The summed E-state index contributed by atoms with van der Waals surface area (Å²) in [6.45, 7) is -0.134. The minimum absolute atomic E-state index is 0.108. The van der Waals surface area contributed by atoms with Crippen molar-refractivity contribution in [1.29, 1.82) is 0 Å². The summed E-state index contributed by atoms with van der Waals surface area (Å²) < 4.78 is 46.7. The SMILES string of the molecule is COCCNc1ccc(C(=O)N[C@H](CO)c2ccccc2OC(F)(F)F)cc1[N+](=O)[O-]. The average molecular weight is 443 g/mol. The molecule has 31 heavy (non-hydrogen) atoms. The number of carbonyl (C=O) groups excluding carboxylic acids is 1. The molecule has 0 aliphatic heterocycles. The number of hydrogen-bond acceptors (Lipinski definition) is 7. The second-order valence-electron chi connectivity index (χ2n) is 6.20. The summed E-state index contributed by atoms with van der Waals surface area (Å²) in [7, 11) is 1.47. The zero-order valence-corrected chi connectivity index (χ0v) is 16.3. The number of aliphatic hydroxyl groups is 1. The van der Waals surface area contributed by atoms with E-state index in [9.17, 15) is 33.2 Å². The van der Waals surface area contributed by atoms with Gasteiger partial charge in [-0.25, -0.2) is 0 Å². The molecule has 2 aromatic carbocycles. The number of ether oxygens (including phenoxy) is 2. The van der Waals surface area contributed by atoms with Crippen LogP contribution in [0, 0.1) is 10.1 Å². The van der Waals surface area contributed by atoms with E-state index in [1.54, 1.807) is 0 Å². The Bertz CT molecular complexity index is 923. The molecule has 0 aromatic heterocycles. The minimum Gasteiger partial charge on any atom is -0.405 e. The Morgan fingerprint density at radius 3 is 2.58 bits per heavy atom. The number of benzene rings is 2. The molecule has 3 N–H and O–H groups in total. The highest BCUT2D eigenvalue weighted by Crippen LogP contribution is 2.31. The number of methoxy groups -OCH3 is 1. The van der Waals surface area contributed by atoms with Crippen LogP contribution in [0.15, 0.2) is 42.5 Å². The third-order valence-electron chi connectivity index (χ3n) is 4.09. The van der Waals surface area contributed by atoms with E-state index < -0.39 is 35.6 Å². The van der Waals surface area contributed by atoms with Crippen molar-refractivity contribution in [1.82, 2.24) is 5.32 Å². The molecule has 0 saturated carbocycles. The average Bonchev–Trinajstić information content (AvgIpc) is 2.71. The van der Waals surface area contributed by atoms with E-state index >= 15 is 0 Å². The second-order valence-corrected chi connectivity index (χ2v) is 6.20. The van der Waals surface area contributed by atoms with Crippen LogP contribution < -0.4 is 15.4 Å². The summed E-state index contributed by atoms with van der Waals surface area (Å²) in [5, 5.41) is 26.1. The molecule has 0 spiro atoms. The summed E-state index contributed by atoms with van der Waals surface area (Å²) in [6.07, 6.45) is -4.97. The number of alkyl halides is 3. The van der Waals surface area contributed by atoms with Crippen LogP contribution in [-0.2, 0) is 4.74 Å². The van der Waals surface area contributed by atoms with Gasteiger partial charge in [0.05, 0.1) is 24.2 Å². The van der Waals surface area contributed by atoms with E-state index in [0.29, 0.717) is 13.2 Å². The molecule has 0 saturated heterocycles. The standard InChI is InChI=1S/C19H20F3N3O6/c1-30-9-8-23-14-7-6-12(10-16(14)25(28)29)18(27)24-15(11-26)13-4-2-3-5-17(13)31-19(20,21)22/h2-7,10,15,23,26H,8-9,11H2,1H3,(H,24,27)/t15-/m1/s1. The van der Waals surface area contributed by atoms with Gasteiger partial charge in [-0.3, -0.25) is 14.9 Å². The normalized spacial score (nSPS) is 12.2. The number of para-hydroxylation sites is 1. The van der Waals surface area contributed by atoms with Crippen molar-refractivity contribution in [3.05, 3.63) is 63.7 Å². The maximum absolute atomic E-state index is 12.6. The fraction of sp³-hybridized carbons (Fsp3) is 0.316. The van der Waals surface area contributed by atoms with Crippen LogP contribution in [0.3, 0.4) is 0 Å². The summed E-state index contributed by atoms with van der Waals surface area (Å²) in [5.41, 5.74) is -0.425. The highest BCUT2D eigenvalue weighted by molar-refractivity contribution is 5.96. The molecule has 1 atom stereocenters. The van der Waals surface area contributed by atoms with Crippen molar-refractivity contribution < 1.29 is 37.5 Å². The number of halogens is 3. The number of nitrogens with zero attached hydrogens (tertiary/aromatic N) is 1. The lowest BCUT2D eigenvalue weighted by Gasteiger charge is -2.20. The number of amides is 1. The maximum Gasteiger partial charge on any atom is 0.573 e. The van der Waals surface area contributed by atoms with Crippen molar-refractivity contribution in [2.24, 2.45) is 0 Å². The van der Waals surface area contributed by atoms with Gasteiger partial charge in [0.25, 0.3) is 11.6 Å². The van der Waals surface area contributed by atoms with Crippen LogP contribution in [0.4, 0.5) is 24.5 Å². The van der Waals surface area contributed by atoms with E-state index in [2.05, 4.69) is 15.4 Å². The van der Waals surface area contributed by atoms with Gasteiger partial charge in [0, 0.05) is 30.8 Å². The van der Waals surface area contributed by atoms with Gasteiger partial charge in [0.1, 0.15) is 11.4 Å². The van der Waals surface area contributed by atoms with Crippen LogP contribution in [-0.4, -0.2) is 49.2 Å². The highest BCUT2D eigenvalue weighted by atomic mass is 19.4. The first-order valence-corrected chi connectivity index (χ1v) is 8.94. The molecule has 9 nitrogen and oxygen atoms in total. The number of aliphatic hydroxyl groups excluding tert-OH is 1. The monoisotopic (exact) mass is 443 g/mol. The first kappa shape index (κ1) is 23.9. The molecular formula is C19H20F3N3O6. The minimum atomic E-state index is -4.97. The number of carbonyl (C=O) groups is 1. The smallest absolute Gasteiger partial charge is 0.405 e. The molecule has 0 unspecified atom stereocenters. The lowest BCUT2D eigenvalue weighted by molar-refractivity contribution is -0.384. The zero-order valence-electron chi connectivity index (χ0n) is 16.3. The predicted molar refractivity (Wildman–Crippen MR) is 104 cm³/mol. The van der Waals surface area contributed by atoms with Gasteiger partial charge < -0.3 is 25.2 Å². The Morgan fingerprint density at radius 2 is 1.97 bits per heavy atom. The highest BCUT2D eigenvalue weighted by Gasteiger charge is 2.33. The summed E-state index contributed by atoms with van der Waals surface area (Å²) >= 11 is 0. The molecule has 0 aliphatic carbocycles. The van der Waals surface area contributed by atoms with Crippen molar-refractivity contribution in [2.75, 3.05) is 32.2 Å². The van der Waals surface area contributed by atoms with Crippen molar-refractivity contribution in [2.45, 2.75) is 12.4 Å². The summed E-state index contributed by atoms with van der Waals surface area (Å²) in [4.78, 5) is 23.2. The van der Waals surface area contributed by atoms with Crippen molar-refractivity contribution in [3.63, 3.8) is 0 Å². The third kappa shape index (κ3) is 6.83. The van der Waals surface area contributed by atoms with Gasteiger partial charge in [-0.2, -0.15) is 0 Å². The second kappa shape index (κ2) is 10.6. The lowest BCUT2D eigenvalue weighted by Crippen LogP contribution is -2.31. The summed E-state index contributed by atoms with van der Waals surface area (Å²) in [5.74, 6) is -1.41. The molecule has 0 heterocycles. The van der Waals surface area contributed by atoms with Gasteiger partial charge in [0.15, 0.2) is 0 Å². The molecule has 2 aromatic rings. The van der Waals surface area contributed by atoms with Gasteiger partial charge in [-0.05, 0) is 18.2 Å². The van der Waals surface area contributed by atoms with Crippen LogP contribution in [0.5, 0.6) is 5.75 Å². The number of nitrogens with one attached hydrogen (secondary N) is 2. The fourth-order valence-electron chi connectivity index (χ4n) is 2.71. The van der Waals surface area contributed by atoms with Gasteiger partial charge in [0.2, 0.25) is 0 Å². The predicted octanol–water partition coefficient (Wildman–Crippen LogP) is 3.02. The molecule has 0 aliphatic rings. The number of nitro benzene ring substituents is 1. The number of nitro groups is 1. The van der Waals surface area contributed by atoms with Gasteiger partial charge in [-0.1, -0.05) is 18.2 Å². The van der Waals surface area contributed by atoms with Crippen LogP contribution >= 0.6 is 0 Å². The number of rotatable bonds is 10. The largest absolute Gasteiger partial charge is 0.573 e. The molecule has 1 amide bonds. The Labute approximate surface area is 174 Å². The number of anilines is 1. The Morgan fingerprint density at radius 1 is 1.26 bits per heavy atom. The van der Waals surface area contributed by atoms with Crippen molar-refractivity contribution in [3.8, 4) is 5.75 Å². The van der Waals surface area contributed by atoms with E-state index in [1.807, 2.05) is 0 Å². The topological polar surface area (TPSA) is 123 Å². The Kier molecular flexibility index (Phi) is 8.16. The summed E-state index contributed by atoms with van der Waals surface area (Å²) in [6, 6.07) is 7.44. The molecule has 0 radical (unpaired) electrons. The Hall–Kier alpha value is -3.38. The van der Waals surface area contributed by atoms with Crippen LogP contribution in [0.25, 0.3) is 0 Å². The molecule has 12 heteroatoms. The first-order chi connectivity index (χ1) is 14.7. The van der Waals surface area contributed by atoms with Gasteiger partial charge >= 0.3 is 6.36 Å². The molecular weight excluding hydrogens is 423 g/mol. The maximum atomic E-state index is 12.6. The quantitative estimate of drug-likeness (QED) is 0.293. The first-order valence-electron chi connectivity index (χ1n) is 8.94. The third-order valence-corrected chi connectivity index (χ3v) is 4.09. The van der Waals surface area contributed by atoms with Crippen molar-refractivity contribution >= 4 is 17.3 Å². The lowest BCUT2D eigenvalue weighted by atomic mass is 10.1. The molecule has 168 valence electrons. The molecule has 0 fully saturated rings. The van der Waals surface area contributed by atoms with E-state index in [0.717, 1.165) is 12.1 Å². The van der Waals surface area contributed by atoms with E-state index in [1.165, 1.54) is 37.4 Å². The van der Waals surface area contributed by atoms with E-state index in [4.69, 9.17) is 4.74 Å². The molecule has 0 bridgehead atoms. The van der Waals surface area contributed by atoms with E-state index in [-0.39, 0.29) is 22.5 Å². The number of hydrogen-bond donors (Lipinski definition) is 3. The van der Waals surface area contributed by atoms with Gasteiger partial charge in [-0.15, -0.1) is 13.2 Å². The molecule has 2 rings (SSSR count). The Balaban J connectivity index is 2.25. The van der Waals surface area contributed by atoms with Crippen LogP contribution in [0.2, 0.25) is 0 Å². The fourth-order valence-corrected chi connectivity index (χ4v) is 2.71. The van der Waals surface area contributed by atoms with Crippen LogP contribution in [0.1, 0.15) is 22.0 Å². The zero-order chi connectivity index (χ0) is 23.0.